The molecule has 0 aromatic rings. The van der Waals surface area contributed by atoms with E-state index in [1.165, 1.54) is 51.5 Å². The minimum atomic E-state index is 0.797. The molecule has 0 aliphatic heterocycles. The summed E-state index contributed by atoms with van der Waals surface area (Å²) in [5.41, 5.74) is 0.797. The van der Waals surface area contributed by atoms with Gasteiger partial charge < -0.3 is 5.32 Å². The van der Waals surface area contributed by atoms with Gasteiger partial charge in [0.2, 0.25) is 0 Å². The predicted molar refractivity (Wildman–Crippen MR) is 59.2 cm³/mol. The van der Waals surface area contributed by atoms with Crippen LogP contribution in [0.5, 0.6) is 0 Å². The van der Waals surface area contributed by atoms with E-state index in [9.17, 15) is 0 Å². The number of hydrogen-bond acceptors (Lipinski definition) is 1. The maximum atomic E-state index is 3.84. The van der Waals surface area contributed by atoms with Crippen LogP contribution in [0.4, 0.5) is 0 Å². The fraction of sp³-hybridized carbons (Fsp3) is 1.00. The summed E-state index contributed by atoms with van der Waals surface area (Å²) in [6.45, 7) is 3.74. The standard InChI is InChI=1S/C13H23N/c1-10-2-5-12(8-10)14-9-13(6-7-13)11-3-4-11/h10-12,14H,2-9H2,1H3. The summed E-state index contributed by atoms with van der Waals surface area (Å²) in [4.78, 5) is 0. The highest BCUT2D eigenvalue weighted by molar-refractivity contribution is 5.05. The smallest absolute Gasteiger partial charge is 0.00699 e. The van der Waals surface area contributed by atoms with Crippen LogP contribution < -0.4 is 5.32 Å². The lowest BCUT2D eigenvalue weighted by atomic mass is 10.00. The van der Waals surface area contributed by atoms with Crippen LogP contribution in [0.2, 0.25) is 0 Å². The van der Waals surface area contributed by atoms with E-state index in [0.717, 1.165) is 23.3 Å². The van der Waals surface area contributed by atoms with Gasteiger partial charge in [-0.05, 0) is 62.2 Å². The zero-order valence-electron chi connectivity index (χ0n) is 9.39. The normalized spacial score (nSPS) is 40.1. The molecule has 0 aromatic carbocycles. The molecule has 0 saturated heterocycles. The van der Waals surface area contributed by atoms with Gasteiger partial charge >= 0.3 is 0 Å². The summed E-state index contributed by atoms with van der Waals surface area (Å²) in [5.74, 6) is 2.09. The molecular weight excluding hydrogens is 170 g/mol. The van der Waals surface area contributed by atoms with Crippen LogP contribution in [-0.4, -0.2) is 12.6 Å². The van der Waals surface area contributed by atoms with Gasteiger partial charge in [0.15, 0.2) is 0 Å². The number of rotatable bonds is 4. The summed E-state index contributed by atoms with van der Waals surface area (Å²) in [5, 5.41) is 3.84. The summed E-state index contributed by atoms with van der Waals surface area (Å²) >= 11 is 0. The van der Waals surface area contributed by atoms with Gasteiger partial charge in [-0.25, -0.2) is 0 Å². The number of hydrogen-bond donors (Lipinski definition) is 1. The Hall–Kier alpha value is -0.0400. The zero-order valence-corrected chi connectivity index (χ0v) is 9.39. The van der Waals surface area contributed by atoms with E-state index >= 15 is 0 Å². The first kappa shape index (κ1) is 9.21. The largest absolute Gasteiger partial charge is 0.313 e. The Kier molecular flexibility index (Phi) is 2.12. The molecule has 0 amide bonds. The molecule has 3 aliphatic rings. The second kappa shape index (κ2) is 3.23. The second-order valence-electron chi connectivity index (χ2n) is 6.13. The van der Waals surface area contributed by atoms with Crippen molar-refractivity contribution in [3.8, 4) is 0 Å². The van der Waals surface area contributed by atoms with Crippen LogP contribution >= 0.6 is 0 Å². The van der Waals surface area contributed by atoms with E-state index in [0.29, 0.717) is 0 Å². The minimum absolute atomic E-state index is 0.797. The second-order valence-corrected chi connectivity index (χ2v) is 6.13. The molecule has 0 bridgehead atoms. The average Bonchev–Trinajstić information content (AvgIpc) is 3.03. The highest BCUT2D eigenvalue weighted by Crippen LogP contribution is 2.60. The van der Waals surface area contributed by atoms with Crippen molar-refractivity contribution >= 4 is 0 Å². The van der Waals surface area contributed by atoms with Gasteiger partial charge in [-0.15, -0.1) is 0 Å². The Morgan fingerprint density at radius 1 is 1.14 bits per heavy atom. The molecule has 3 fully saturated rings. The zero-order chi connectivity index (χ0) is 9.60. The third kappa shape index (κ3) is 1.71. The van der Waals surface area contributed by atoms with Gasteiger partial charge in [-0.3, -0.25) is 0 Å². The van der Waals surface area contributed by atoms with E-state index in [2.05, 4.69) is 12.2 Å². The Labute approximate surface area is 87.7 Å². The summed E-state index contributed by atoms with van der Waals surface area (Å²) in [6, 6.07) is 0.862. The molecular formula is C13H23N. The molecule has 1 nitrogen and oxygen atoms in total. The Bertz CT molecular complexity index is 215. The quantitative estimate of drug-likeness (QED) is 0.724. The Morgan fingerprint density at radius 3 is 2.43 bits per heavy atom. The third-order valence-electron chi connectivity index (χ3n) is 4.77. The maximum absolute atomic E-state index is 3.84. The number of nitrogens with one attached hydrogen (secondary N) is 1. The van der Waals surface area contributed by atoms with E-state index in [1.807, 2.05) is 0 Å². The molecule has 2 atom stereocenters. The van der Waals surface area contributed by atoms with Crippen molar-refractivity contribution in [2.45, 2.75) is 57.9 Å². The van der Waals surface area contributed by atoms with Crippen LogP contribution in [0.1, 0.15) is 51.9 Å². The molecule has 0 heterocycles. The lowest BCUT2D eigenvalue weighted by Gasteiger charge is -2.19. The molecule has 3 rings (SSSR count). The summed E-state index contributed by atoms with van der Waals surface area (Å²) in [6.07, 6.45) is 10.4. The fourth-order valence-corrected chi connectivity index (χ4v) is 3.33. The van der Waals surface area contributed by atoms with E-state index < -0.39 is 0 Å². The molecule has 1 N–H and O–H groups in total. The van der Waals surface area contributed by atoms with Crippen molar-refractivity contribution in [3.63, 3.8) is 0 Å². The van der Waals surface area contributed by atoms with Crippen LogP contribution in [-0.2, 0) is 0 Å². The topological polar surface area (TPSA) is 12.0 Å². The van der Waals surface area contributed by atoms with Gasteiger partial charge in [0.1, 0.15) is 0 Å². The molecule has 3 saturated carbocycles. The van der Waals surface area contributed by atoms with E-state index in [1.54, 1.807) is 0 Å². The first-order valence-corrected chi connectivity index (χ1v) is 6.52. The first-order chi connectivity index (χ1) is 6.78. The summed E-state index contributed by atoms with van der Waals surface area (Å²) in [7, 11) is 0. The first-order valence-electron chi connectivity index (χ1n) is 6.52. The fourth-order valence-electron chi connectivity index (χ4n) is 3.33. The van der Waals surface area contributed by atoms with Crippen LogP contribution in [0, 0.1) is 17.3 Å². The summed E-state index contributed by atoms with van der Waals surface area (Å²) < 4.78 is 0. The SMILES string of the molecule is CC1CCC(NCC2(C3CC3)CC2)C1. The van der Waals surface area contributed by atoms with Crippen LogP contribution in [0.15, 0.2) is 0 Å². The van der Waals surface area contributed by atoms with Gasteiger partial charge in [0.25, 0.3) is 0 Å². The maximum Gasteiger partial charge on any atom is 0.00699 e. The molecule has 0 radical (unpaired) electrons. The molecule has 2 unspecified atom stereocenters. The van der Waals surface area contributed by atoms with Crippen molar-refractivity contribution in [3.05, 3.63) is 0 Å². The molecule has 80 valence electrons. The molecule has 14 heavy (non-hydrogen) atoms. The van der Waals surface area contributed by atoms with Crippen molar-refractivity contribution in [1.29, 1.82) is 0 Å². The Balaban J connectivity index is 1.45. The highest BCUT2D eigenvalue weighted by Gasteiger charge is 2.53. The lowest BCUT2D eigenvalue weighted by molar-refractivity contribution is 0.369. The predicted octanol–water partition coefficient (Wildman–Crippen LogP) is 2.95. The molecule has 1 heteroatoms. The van der Waals surface area contributed by atoms with E-state index in [-0.39, 0.29) is 0 Å². The molecule has 3 aliphatic carbocycles. The van der Waals surface area contributed by atoms with Crippen LogP contribution in [0.3, 0.4) is 0 Å². The van der Waals surface area contributed by atoms with Gasteiger partial charge in [0.05, 0.1) is 0 Å². The minimum Gasteiger partial charge on any atom is -0.313 e. The highest BCUT2D eigenvalue weighted by atomic mass is 14.9. The van der Waals surface area contributed by atoms with Gasteiger partial charge in [0, 0.05) is 12.6 Å². The van der Waals surface area contributed by atoms with Gasteiger partial charge in [-0.2, -0.15) is 0 Å². The third-order valence-corrected chi connectivity index (χ3v) is 4.77. The molecule has 0 spiro atoms. The lowest BCUT2D eigenvalue weighted by Crippen LogP contribution is -2.33. The van der Waals surface area contributed by atoms with E-state index in [4.69, 9.17) is 0 Å². The van der Waals surface area contributed by atoms with Crippen molar-refractivity contribution in [2.75, 3.05) is 6.54 Å². The van der Waals surface area contributed by atoms with Crippen molar-refractivity contribution < 1.29 is 0 Å². The average molecular weight is 193 g/mol. The van der Waals surface area contributed by atoms with Crippen LogP contribution in [0.25, 0.3) is 0 Å². The molecule has 0 aromatic heterocycles. The van der Waals surface area contributed by atoms with Crippen molar-refractivity contribution in [1.82, 2.24) is 5.32 Å². The van der Waals surface area contributed by atoms with Gasteiger partial charge in [-0.1, -0.05) is 6.92 Å². The van der Waals surface area contributed by atoms with Crippen molar-refractivity contribution in [2.24, 2.45) is 17.3 Å². The monoisotopic (exact) mass is 193 g/mol. The Morgan fingerprint density at radius 2 is 1.93 bits per heavy atom.